The molecule has 0 spiro atoms. The van der Waals surface area contributed by atoms with Crippen LogP contribution in [0.4, 0.5) is 0 Å². The van der Waals surface area contributed by atoms with Crippen LogP contribution in [-0.4, -0.2) is 18.9 Å². The molecule has 0 N–H and O–H groups in total. The van der Waals surface area contributed by atoms with Gasteiger partial charge in [-0.1, -0.05) is 23.2 Å². The zero-order valence-electron chi connectivity index (χ0n) is 8.14. The van der Waals surface area contributed by atoms with Crippen molar-refractivity contribution in [3.05, 3.63) is 33.3 Å². The molecule has 0 bridgehead atoms. The second kappa shape index (κ2) is 4.64. The van der Waals surface area contributed by atoms with Gasteiger partial charge in [0.1, 0.15) is 0 Å². The van der Waals surface area contributed by atoms with Gasteiger partial charge >= 0.3 is 5.97 Å². The van der Waals surface area contributed by atoms with E-state index in [-0.39, 0.29) is 27.0 Å². The van der Waals surface area contributed by atoms with E-state index in [4.69, 9.17) is 23.2 Å². The average Bonchev–Trinajstić information content (AvgIpc) is 2.14. The summed E-state index contributed by atoms with van der Waals surface area (Å²) in [5.41, 5.74) is 0.434. The summed E-state index contributed by atoms with van der Waals surface area (Å²) in [5.74, 6) is -0.796. The minimum Gasteiger partial charge on any atom is -0.465 e. The Morgan fingerprint density at radius 3 is 2.00 bits per heavy atom. The van der Waals surface area contributed by atoms with Crippen molar-refractivity contribution in [3.8, 4) is 0 Å². The van der Waals surface area contributed by atoms with Gasteiger partial charge in [0.25, 0.3) is 0 Å². The molecule has 1 aromatic rings. The fourth-order valence-corrected chi connectivity index (χ4v) is 1.90. The van der Waals surface area contributed by atoms with Gasteiger partial charge in [-0.05, 0) is 19.1 Å². The molecular weight excluding hydrogens is 239 g/mol. The molecule has 0 heterocycles. The number of ketones is 1. The first-order valence-electron chi connectivity index (χ1n) is 4.05. The molecule has 3 nitrogen and oxygen atoms in total. The van der Waals surface area contributed by atoms with E-state index >= 15 is 0 Å². The Bertz CT molecular complexity index is 404. The molecular formula is C10H8Cl2O3. The Labute approximate surface area is 96.9 Å². The summed E-state index contributed by atoms with van der Waals surface area (Å²) in [7, 11) is 1.25. The average molecular weight is 247 g/mol. The number of methoxy groups -OCH3 is 1. The van der Waals surface area contributed by atoms with Gasteiger partial charge in [0, 0.05) is 0 Å². The third kappa shape index (κ3) is 2.49. The summed E-state index contributed by atoms with van der Waals surface area (Å²) in [5, 5.41) is 0.297. The van der Waals surface area contributed by atoms with Gasteiger partial charge in [-0.2, -0.15) is 0 Å². The van der Waals surface area contributed by atoms with Gasteiger partial charge in [-0.25, -0.2) is 4.79 Å². The largest absolute Gasteiger partial charge is 0.465 e. The number of carbonyl (C=O) groups excluding carboxylic acids is 2. The normalized spacial score (nSPS) is 9.87. The maximum absolute atomic E-state index is 11.2. The van der Waals surface area contributed by atoms with Crippen molar-refractivity contribution in [2.45, 2.75) is 6.92 Å². The van der Waals surface area contributed by atoms with Gasteiger partial charge in [-0.3, -0.25) is 4.79 Å². The monoisotopic (exact) mass is 246 g/mol. The smallest absolute Gasteiger partial charge is 0.337 e. The topological polar surface area (TPSA) is 43.4 Å². The molecule has 0 fully saturated rings. The number of carbonyl (C=O) groups is 2. The number of benzene rings is 1. The van der Waals surface area contributed by atoms with E-state index in [9.17, 15) is 9.59 Å². The lowest BCUT2D eigenvalue weighted by atomic mass is 10.1. The van der Waals surface area contributed by atoms with Crippen molar-refractivity contribution in [1.82, 2.24) is 0 Å². The fourth-order valence-electron chi connectivity index (χ4n) is 1.15. The first kappa shape index (κ1) is 12.0. The predicted molar refractivity (Wildman–Crippen MR) is 57.8 cm³/mol. The second-order valence-corrected chi connectivity index (χ2v) is 3.68. The first-order valence-corrected chi connectivity index (χ1v) is 4.81. The van der Waals surface area contributed by atoms with E-state index in [1.807, 2.05) is 0 Å². The summed E-state index contributed by atoms with van der Waals surface area (Å²) < 4.78 is 4.51. The highest BCUT2D eigenvalue weighted by Crippen LogP contribution is 2.27. The first-order chi connectivity index (χ1) is 6.97. The fraction of sp³-hybridized carbons (Fsp3) is 0.200. The molecule has 0 saturated heterocycles. The van der Waals surface area contributed by atoms with Crippen molar-refractivity contribution < 1.29 is 14.3 Å². The number of ether oxygens (including phenoxy) is 1. The van der Waals surface area contributed by atoms with Gasteiger partial charge in [0.05, 0.1) is 28.3 Å². The van der Waals surface area contributed by atoms with E-state index in [2.05, 4.69) is 4.74 Å². The predicted octanol–water partition coefficient (Wildman–Crippen LogP) is 2.98. The Morgan fingerprint density at radius 1 is 1.20 bits per heavy atom. The molecule has 0 amide bonds. The van der Waals surface area contributed by atoms with Crippen LogP contribution >= 0.6 is 23.2 Å². The van der Waals surface area contributed by atoms with Gasteiger partial charge in [0.15, 0.2) is 5.78 Å². The molecule has 0 aliphatic heterocycles. The van der Waals surface area contributed by atoms with Crippen LogP contribution in [0.25, 0.3) is 0 Å². The summed E-state index contributed by atoms with van der Waals surface area (Å²) in [6.07, 6.45) is 0. The Hall–Kier alpha value is -1.06. The lowest BCUT2D eigenvalue weighted by Gasteiger charge is -2.05. The van der Waals surface area contributed by atoms with Crippen LogP contribution in [0.15, 0.2) is 12.1 Å². The number of hydrogen-bond donors (Lipinski definition) is 0. The Kier molecular flexibility index (Phi) is 3.72. The van der Waals surface area contributed by atoms with Crippen LogP contribution in [0.1, 0.15) is 27.6 Å². The molecule has 5 heteroatoms. The molecule has 0 radical (unpaired) electrons. The number of hydrogen-bond acceptors (Lipinski definition) is 3. The lowest BCUT2D eigenvalue weighted by Crippen LogP contribution is -2.03. The zero-order chi connectivity index (χ0) is 11.6. The minimum atomic E-state index is -0.547. The number of halogens is 2. The summed E-state index contributed by atoms with van der Waals surface area (Å²) in [4.78, 5) is 22.3. The molecule has 80 valence electrons. The standard InChI is InChI=1S/C10H8Cl2O3/c1-5(13)9-7(11)3-6(4-8(9)12)10(14)15-2/h3-4H,1-2H3. The SMILES string of the molecule is COC(=O)c1cc(Cl)c(C(C)=O)c(Cl)c1. The van der Waals surface area contributed by atoms with E-state index < -0.39 is 5.97 Å². The third-order valence-electron chi connectivity index (χ3n) is 1.82. The second-order valence-electron chi connectivity index (χ2n) is 2.86. The van der Waals surface area contributed by atoms with Crippen LogP contribution in [0.3, 0.4) is 0 Å². The van der Waals surface area contributed by atoms with E-state index in [1.165, 1.54) is 26.2 Å². The highest BCUT2D eigenvalue weighted by Gasteiger charge is 2.15. The lowest BCUT2D eigenvalue weighted by molar-refractivity contribution is 0.0600. The minimum absolute atomic E-state index is 0.149. The Morgan fingerprint density at radius 2 is 1.67 bits per heavy atom. The molecule has 0 aromatic heterocycles. The molecule has 0 saturated carbocycles. The summed E-state index contributed by atoms with van der Waals surface area (Å²) in [6, 6.07) is 2.71. The molecule has 0 aliphatic carbocycles. The maximum atomic E-state index is 11.2. The summed E-state index contributed by atoms with van der Waals surface area (Å²) in [6.45, 7) is 1.35. The number of rotatable bonds is 2. The number of esters is 1. The molecule has 0 aliphatic rings. The highest BCUT2D eigenvalue weighted by molar-refractivity contribution is 6.40. The van der Waals surface area contributed by atoms with E-state index in [0.717, 1.165) is 0 Å². The van der Waals surface area contributed by atoms with Crippen LogP contribution in [-0.2, 0) is 4.74 Å². The van der Waals surface area contributed by atoms with Crippen molar-refractivity contribution in [3.63, 3.8) is 0 Å². The van der Waals surface area contributed by atoms with Gasteiger partial charge < -0.3 is 4.74 Å². The molecule has 0 atom stereocenters. The van der Waals surface area contributed by atoms with Crippen LogP contribution < -0.4 is 0 Å². The van der Waals surface area contributed by atoms with Crippen molar-refractivity contribution in [2.75, 3.05) is 7.11 Å². The zero-order valence-corrected chi connectivity index (χ0v) is 9.65. The highest BCUT2D eigenvalue weighted by atomic mass is 35.5. The number of Topliss-reactive ketones (excluding diaryl/α,β-unsaturated/α-hetero) is 1. The quantitative estimate of drug-likeness (QED) is 0.596. The van der Waals surface area contributed by atoms with Crippen LogP contribution in [0, 0.1) is 0 Å². The van der Waals surface area contributed by atoms with Crippen LogP contribution in [0.2, 0.25) is 10.0 Å². The molecule has 15 heavy (non-hydrogen) atoms. The van der Waals surface area contributed by atoms with Crippen molar-refractivity contribution in [1.29, 1.82) is 0 Å². The third-order valence-corrected chi connectivity index (χ3v) is 2.41. The van der Waals surface area contributed by atoms with E-state index in [0.29, 0.717) is 0 Å². The van der Waals surface area contributed by atoms with Crippen molar-refractivity contribution >= 4 is 35.0 Å². The maximum Gasteiger partial charge on any atom is 0.337 e. The van der Waals surface area contributed by atoms with Crippen LogP contribution in [0.5, 0.6) is 0 Å². The molecule has 0 unspecified atom stereocenters. The summed E-state index contributed by atoms with van der Waals surface area (Å²) >= 11 is 11.6. The van der Waals surface area contributed by atoms with Gasteiger partial charge in [0.2, 0.25) is 0 Å². The van der Waals surface area contributed by atoms with Gasteiger partial charge in [-0.15, -0.1) is 0 Å². The molecule has 1 rings (SSSR count). The molecule has 1 aromatic carbocycles. The Balaban J connectivity index is 3.31. The van der Waals surface area contributed by atoms with Crippen molar-refractivity contribution in [2.24, 2.45) is 0 Å². The van der Waals surface area contributed by atoms with E-state index in [1.54, 1.807) is 0 Å².